The Morgan fingerprint density at radius 2 is 2.09 bits per heavy atom. The third kappa shape index (κ3) is 4.59. The second-order valence-electron chi connectivity index (χ2n) is 5.74. The Hall–Kier alpha value is -2.28. The Morgan fingerprint density at radius 3 is 2.74 bits per heavy atom. The van der Waals surface area contributed by atoms with Gasteiger partial charge in [0.1, 0.15) is 6.26 Å². The Kier molecular flexibility index (Phi) is 5.44. The van der Waals surface area contributed by atoms with Gasteiger partial charge in [0, 0.05) is 6.54 Å². The van der Waals surface area contributed by atoms with Gasteiger partial charge in [-0.05, 0) is 30.0 Å². The molecule has 0 radical (unpaired) electrons. The molecule has 7 heteroatoms. The summed E-state index contributed by atoms with van der Waals surface area (Å²) in [6.45, 7) is 4.10. The van der Waals surface area contributed by atoms with Gasteiger partial charge in [0.2, 0.25) is 5.89 Å². The van der Waals surface area contributed by atoms with E-state index in [0.717, 1.165) is 12.1 Å². The molecule has 0 aliphatic heterocycles. The summed E-state index contributed by atoms with van der Waals surface area (Å²) in [4.78, 5) is 16.1. The molecule has 2 rings (SSSR count). The molecule has 0 aliphatic carbocycles. The van der Waals surface area contributed by atoms with Crippen molar-refractivity contribution >= 4 is 5.91 Å². The van der Waals surface area contributed by atoms with E-state index in [9.17, 15) is 13.6 Å². The van der Waals surface area contributed by atoms with Gasteiger partial charge in [-0.3, -0.25) is 4.79 Å². The van der Waals surface area contributed by atoms with Crippen molar-refractivity contribution in [2.45, 2.75) is 32.9 Å². The van der Waals surface area contributed by atoms with Crippen molar-refractivity contribution < 1.29 is 18.0 Å². The summed E-state index contributed by atoms with van der Waals surface area (Å²) in [6, 6.07) is 3.06. The minimum atomic E-state index is -0.958. The number of nitrogens with zero attached hydrogens (tertiary/aromatic N) is 1. The summed E-state index contributed by atoms with van der Waals surface area (Å²) in [5.41, 5.74) is 6.48. The van der Waals surface area contributed by atoms with Crippen LogP contribution in [0.1, 0.15) is 48.3 Å². The maximum absolute atomic E-state index is 13.1. The molecule has 0 bridgehead atoms. The largest absolute Gasteiger partial charge is 0.446 e. The fourth-order valence-electron chi connectivity index (χ4n) is 2.09. The summed E-state index contributed by atoms with van der Waals surface area (Å²) in [5.74, 6) is -1.68. The highest BCUT2D eigenvalue weighted by molar-refractivity contribution is 5.91. The van der Waals surface area contributed by atoms with Gasteiger partial charge in [0.05, 0.1) is 6.04 Å². The van der Waals surface area contributed by atoms with Crippen molar-refractivity contribution in [3.63, 3.8) is 0 Å². The average Bonchev–Trinajstić information content (AvgIpc) is 2.97. The van der Waals surface area contributed by atoms with E-state index in [2.05, 4.69) is 10.3 Å². The van der Waals surface area contributed by atoms with Crippen LogP contribution in [-0.4, -0.2) is 10.9 Å². The minimum absolute atomic E-state index is 0.0519. The molecule has 3 N–H and O–H groups in total. The van der Waals surface area contributed by atoms with Crippen LogP contribution >= 0.6 is 0 Å². The first-order valence-electron chi connectivity index (χ1n) is 7.30. The maximum atomic E-state index is 13.1. The highest BCUT2D eigenvalue weighted by Gasteiger charge is 2.18. The topological polar surface area (TPSA) is 81.1 Å². The maximum Gasteiger partial charge on any atom is 0.273 e. The normalized spacial score (nSPS) is 12.4. The van der Waals surface area contributed by atoms with E-state index in [0.29, 0.717) is 23.8 Å². The number of hydrogen-bond donors (Lipinski definition) is 2. The van der Waals surface area contributed by atoms with Gasteiger partial charge in [-0.2, -0.15) is 0 Å². The van der Waals surface area contributed by atoms with E-state index in [-0.39, 0.29) is 18.3 Å². The van der Waals surface area contributed by atoms with Crippen molar-refractivity contribution in [1.29, 1.82) is 0 Å². The Morgan fingerprint density at radius 1 is 1.35 bits per heavy atom. The molecule has 5 nitrogen and oxygen atoms in total. The standard InChI is InChI=1S/C16H19F2N3O2/c1-9(2)5-13(19)16-21-14(8-23-16)15(22)20-7-10-3-4-11(17)12(18)6-10/h3-4,6,8-9,13H,5,7,19H2,1-2H3,(H,20,22). The van der Waals surface area contributed by atoms with E-state index < -0.39 is 17.5 Å². The number of nitrogens with one attached hydrogen (secondary N) is 1. The molecule has 1 aromatic heterocycles. The van der Waals surface area contributed by atoms with Crippen molar-refractivity contribution in [3.05, 3.63) is 53.2 Å². The molecule has 1 heterocycles. The molecule has 0 aliphatic rings. The van der Waals surface area contributed by atoms with Crippen LogP contribution in [0.15, 0.2) is 28.9 Å². The summed E-state index contributed by atoms with van der Waals surface area (Å²) in [6.07, 6.45) is 1.92. The molecule has 0 fully saturated rings. The number of oxazole rings is 1. The van der Waals surface area contributed by atoms with Gasteiger partial charge in [0.25, 0.3) is 5.91 Å². The number of benzene rings is 1. The number of carbonyl (C=O) groups excluding carboxylic acids is 1. The molecule has 1 atom stereocenters. The molecule has 0 spiro atoms. The van der Waals surface area contributed by atoms with Crippen LogP contribution < -0.4 is 11.1 Å². The first kappa shape index (κ1) is 17.1. The second-order valence-corrected chi connectivity index (χ2v) is 5.74. The van der Waals surface area contributed by atoms with E-state index in [4.69, 9.17) is 10.2 Å². The number of rotatable bonds is 6. The average molecular weight is 323 g/mol. The van der Waals surface area contributed by atoms with Gasteiger partial charge in [0.15, 0.2) is 17.3 Å². The van der Waals surface area contributed by atoms with Crippen LogP contribution in [-0.2, 0) is 6.54 Å². The lowest BCUT2D eigenvalue weighted by molar-refractivity contribution is 0.0946. The van der Waals surface area contributed by atoms with E-state index in [1.165, 1.54) is 12.3 Å². The molecule has 23 heavy (non-hydrogen) atoms. The van der Waals surface area contributed by atoms with Crippen LogP contribution in [0, 0.1) is 17.6 Å². The molecule has 1 amide bonds. The minimum Gasteiger partial charge on any atom is -0.446 e. The zero-order valence-electron chi connectivity index (χ0n) is 13.0. The second kappa shape index (κ2) is 7.32. The lowest BCUT2D eigenvalue weighted by Gasteiger charge is -2.09. The molecular formula is C16H19F2N3O2. The first-order valence-corrected chi connectivity index (χ1v) is 7.30. The molecule has 124 valence electrons. The number of nitrogens with two attached hydrogens (primary N) is 1. The van der Waals surface area contributed by atoms with Crippen LogP contribution in [0.5, 0.6) is 0 Å². The number of amides is 1. The molecule has 0 saturated heterocycles. The highest BCUT2D eigenvalue weighted by atomic mass is 19.2. The Balaban J connectivity index is 1.95. The van der Waals surface area contributed by atoms with Crippen molar-refractivity contribution in [2.75, 3.05) is 0 Å². The van der Waals surface area contributed by atoms with Crippen LogP contribution in [0.25, 0.3) is 0 Å². The highest BCUT2D eigenvalue weighted by Crippen LogP contribution is 2.18. The summed E-state index contributed by atoms with van der Waals surface area (Å²) < 4.78 is 31.2. The fourth-order valence-corrected chi connectivity index (χ4v) is 2.09. The molecule has 0 saturated carbocycles. The van der Waals surface area contributed by atoms with Crippen LogP contribution in [0.2, 0.25) is 0 Å². The molecule has 1 aromatic carbocycles. The summed E-state index contributed by atoms with van der Waals surface area (Å²) in [5, 5.41) is 2.56. The van der Waals surface area contributed by atoms with Crippen molar-refractivity contribution in [1.82, 2.24) is 10.3 Å². The molecule has 1 unspecified atom stereocenters. The van der Waals surface area contributed by atoms with Crippen LogP contribution in [0.4, 0.5) is 8.78 Å². The van der Waals surface area contributed by atoms with E-state index in [1.54, 1.807) is 0 Å². The van der Waals surface area contributed by atoms with Crippen LogP contribution in [0.3, 0.4) is 0 Å². The predicted octanol–water partition coefficient (Wildman–Crippen LogP) is 2.93. The third-order valence-electron chi connectivity index (χ3n) is 3.23. The Labute approximate surface area is 132 Å². The summed E-state index contributed by atoms with van der Waals surface area (Å²) in [7, 11) is 0. The van der Waals surface area contributed by atoms with Crippen molar-refractivity contribution in [2.24, 2.45) is 11.7 Å². The Bertz CT molecular complexity index is 686. The SMILES string of the molecule is CC(C)CC(N)c1nc(C(=O)NCc2ccc(F)c(F)c2)co1. The van der Waals surface area contributed by atoms with Gasteiger partial charge >= 0.3 is 0 Å². The van der Waals surface area contributed by atoms with Gasteiger partial charge in [-0.15, -0.1) is 0 Å². The lowest BCUT2D eigenvalue weighted by atomic mass is 10.0. The fraction of sp³-hybridized carbons (Fsp3) is 0.375. The number of hydrogen-bond acceptors (Lipinski definition) is 4. The lowest BCUT2D eigenvalue weighted by Crippen LogP contribution is -2.23. The quantitative estimate of drug-likeness (QED) is 0.856. The van der Waals surface area contributed by atoms with E-state index >= 15 is 0 Å². The van der Waals surface area contributed by atoms with E-state index in [1.807, 2.05) is 13.8 Å². The smallest absolute Gasteiger partial charge is 0.273 e. The summed E-state index contributed by atoms with van der Waals surface area (Å²) >= 11 is 0. The predicted molar refractivity (Wildman–Crippen MR) is 80.4 cm³/mol. The number of halogens is 2. The molecule has 2 aromatic rings. The number of carbonyl (C=O) groups is 1. The third-order valence-corrected chi connectivity index (χ3v) is 3.23. The number of aromatic nitrogens is 1. The monoisotopic (exact) mass is 323 g/mol. The van der Waals surface area contributed by atoms with Crippen molar-refractivity contribution in [3.8, 4) is 0 Å². The molecular weight excluding hydrogens is 304 g/mol. The van der Waals surface area contributed by atoms with Gasteiger partial charge in [-0.1, -0.05) is 19.9 Å². The van der Waals surface area contributed by atoms with Gasteiger partial charge < -0.3 is 15.5 Å². The zero-order valence-corrected chi connectivity index (χ0v) is 13.0. The van der Waals surface area contributed by atoms with Gasteiger partial charge in [-0.25, -0.2) is 13.8 Å². The first-order chi connectivity index (χ1) is 10.9. The zero-order chi connectivity index (χ0) is 17.0.